The van der Waals surface area contributed by atoms with Crippen LogP contribution in [0.2, 0.25) is 0 Å². The van der Waals surface area contributed by atoms with Crippen molar-refractivity contribution in [1.29, 1.82) is 0 Å². The number of halogens is 1. The predicted molar refractivity (Wildman–Crippen MR) is 111 cm³/mol. The summed E-state index contributed by atoms with van der Waals surface area (Å²) in [6.45, 7) is 3.92. The molecule has 0 aliphatic rings. The number of aromatic amines is 1. The van der Waals surface area contributed by atoms with E-state index in [9.17, 15) is 14.0 Å². The second-order valence-corrected chi connectivity index (χ2v) is 6.60. The molecule has 0 radical (unpaired) electrons. The Balaban J connectivity index is 1.93. The number of fused-ring (bicyclic) bond motifs is 1. The first-order chi connectivity index (χ1) is 14.4. The molecule has 0 atom stereocenters. The summed E-state index contributed by atoms with van der Waals surface area (Å²) in [6, 6.07) is 8.92. The quantitative estimate of drug-likeness (QED) is 0.476. The summed E-state index contributed by atoms with van der Waals surface area (Å²) in [7, 11) is 0. The summed E-state index contributed by atoms with van der Waals surface area (Å²) >= 11 is 0. The number of carbonyl (C=O) groups is 1. The highest BCUT2D eigenvalue weighted by molar-refractivity contribution is 5.98. The molecule has 0 spiro atoms. The Kier molecular flexibility index (Phi) is 5.01. The molecule has 3 heterocycles. The molecule has 0 unspecified atom stereocenters. The van der Waals surface area contributed by atoms with Crippen LogP contribution in [0, 0.1) is 12.7 Å². The van der Waals surface area contributed by atoms with Gasteiger partial charge in [0.2, 0.25) is 5.95 Å². The van der Waals surface area contributed by atoms with Crippen molar-refractivity contribution in [2.75, 3.05) is 11.9 Å². The Hall–Kier alpha value is -4.01. The van der Waals surface area contributed by atoms with Crippen LogP contribution >= 0.6 is 0 Å². The number of H-pyrrole nitrogens is 1. The smallest absolute Gasteiger partial charge is 0.336 e. The number of carbonyl (C=O) groups excluding carboxylic acids is 1. The Morgan fingerprint density at radius 1 is 1.23 bits per heavy atom. The average molecular weight is 407 g/mol. The molecule has 152 valence electrons. The van der Waals surface area contributed by atoms with Crippen LogP contribution in [-0.2, 0) is 0 Å². The van der Waals surface area contributed by atoms with Gasteiger partial charge >= 0.3 is 11.7 Å². The highest BCUT2D eigenvalue weighted by Gasteiger charge is 2.17. The van der Waals surface area contributed by atoms with Crippen molar-refractivity contribution in [1.82, 2.24) is 20.3 Å². The molecule has 8 nitrogen and oxygen atoms in total. The Labute approximate surface area is 170 Å². The van der Waals surface area contributed by atoms with Gasteiger partial charge in [0.15, 0.2) is 0 Å². The van der Waals surface area contributed by atoms with E-state index in [0.29, 0.717) is 40.0 Å². The Bertz CT molecular complexity index is 1310. The van der Waals surface area contributed by atoms with Gasteiger partial charge in [-0.2, -0.15) is 0 Å². The first-order valence-electron chi connectivity index (χ1n) is 9.26. The predicted octanol–water partition coefficient (Wildman–Crippen LogP) is 3.83. The molecule has 3 N–H and O–H groups in total. The number of nitrogens with zero attached hydrogens (tertiary/aromatic N) is 2. The summed E-state index contributed by atoms with van der Waals surface area (Å²) in [5.74, 6) is 0.144. The van der Waals surface area contributed by atoms with E-state index in [4.69, 9.17) is 4.42 Å². The van der Waals surface area contributed by atoms with E-state index in [1.54, 1.807) is 32.0 Å². The zero-order valence-electron chi connectivity index (χ0n) is 16.2. The minimum atomic E-state index is -0.507. The molecule has 0 fully saturated rings. The molecule has 0 bridgehead atoms. The third kappa shape index (κ3) is 3.77. The van der Waals surface area contributed by atoms with Crippen LogP contribution in [0.5, 0.6) is 0 Å². The molecule has 30 heavy (non-hydrogen) atoms. The molecular weight excluding hydrogens is 389 g/mol. The van der Waals surface area contributed by atoms with Crippen LogP contribution in [0.4, 0.5) is 15.1 Å². The zero-order valence-corrected chi connectivity index (χ0v) is 16.2. The maximum absolute atomic E-state index is 14.5. The summed E-state index contributed by atoms with van der Waals surface area (Å²) in [4.78, 5) is 35.3. The van der Waals surface area contributed by atoms with Gasteiger partial charge < -0.3 is 14.7 Å². The van der Waals surface area contributed by atoms with Crippen molar-refractivity contribution in [3.8, 4) is 22.4 Å². The lowest BCUT2D eigenvalue weighted by Crippen LogP contribution is -2.28. The van der Waals surface area contributed by atoms with Gasteiger partial charge in [0, 0.05) is 24.4 Å². The third-order valence-electron chi connectivity index (χ3n) is 4.40. The number of hydrogen-bond acceptors (Lipinski definition) is 5. The Morgan fingerprint density at radius 2 is 2.03 bits per heavy atom. The number of anilines is 1. The lowest BCUT2D eigenvalue weighted by molar-refractivity contribution is 0.252. The summed E-state index contributed by atoms with van der Waals surface area (Å²) in [6.07, 6.45) is 1.49. The molecule has 3 aromatic heterocycles. The number of hydrogen-bond donors (Lipinski definition) is 3. The van der Waals surface area contributed by atoms with Crippen molar-refractivity contribution < 1.29 is 13.6 Å². The zero-order chi connectivity index (χ0) is 21.3. The van der Waals surface area contributed by atoms with E-state index in [1.165, 1.54) is 24.4 Å². The average Bonchev–Trinajstić information content (AvgIpc) is 3.09. The van der Waals surface area contributed by atoms with E-state index in [-0.39, 0.29) is 11.6 Å². The normalized spacial score (nSPS) is 10.9. The number of rotatable bonds is 4. The fourth-order valence-electron chi connectivity index (χ4n) is 3.19. The van der Waals surface area contributed by atoms with E-state index in [1.807, 2.05) is 0 Å². The van der Waals surface area contributed by atoms with Crippen LogP contribution in [0.25, 0.3) is 33.4 Å². The van der Waals surface area contributed by atoms with E-state index in [0.717, 1.165) is 0 Å². The molecule has 1 aromatic carbocycles. The first kappa shape index (κ1) is 19.3. The minimum absolute atomic E-state index is 0.122. The first-order valence-corrected chi connectivity index (χ1v) is 9.26. The largest absolute Gasteiger partial charge is 0.428 e. The van der Waals surface area contributed by atoms with Gasteiger partial charge in [-0.3, -0.25) is 10.3 Å². The van der Waals surface area contributed by atoms with Gasteiger partial charge in [-0.15, -0.1) is 0 Å². The summed E-state index contributed by atoms with van der Waals surface area (Å²) in [5.41, 5.74) is 2.30. The maximum Gasteiger partial charge on any atom is 0.336 e. The van der Waals surface area contributed by atoms with Crippen molar-refractivity contribution in [3.05, 3.63) is 64.6 Å². The van der Waals surface area contributed by atoms with Crippen LogP contribution in [0.3, 0.4) is 0 Å². The van der Waals surface area contributed by atoms with Crippen LogP contribution < -0.4 is 16.3 Å². The number of pyridine rings is 1. The number of aryl methyl sites for hydroxylation is 1. The van der Waals surface area contributed by atoms with Gasteiger partial charge in [-0.05, 0) is 55.3 Å². The number of benzene rings is 1. The molecule has 0 aliphatic carbocycles. The minimum Gasteiger partial charge on any atom is -0.428 e. The number of imidazole rings is 1. The van der Waals surface area contributed by atoms with Gasteiger partial charge in [0.05, 0.1) is 11.0 Å². The fraction of sp³-hybridized carbons (Fsp3) is 0.143. The summed E-state index contributed by atoms with van der Waals surface area (Å²) < 4.78 is 19.6. The van der Waals surface area contributed by atoms with Crippen molar-refractivity contribution in [2.24, 2.45) is 0 Å². The lowest BCUT2D eigenvalue weighted by atomic mass is 10.00. The highest BCUT2D eigenvalue weighted by Crippen LogP contribution is 2.34. The molecular formula is C21H18FN5O3. The van der Waals surface area contributed by atoms with E-state index >= 15 is 0 Å². The SMILES string of the molecule is CCNC(=O)Nc1nc2cc(-c3cc(C)oc(=O)c3)cc(-c3ncccc3F)c2[nH]1. The van der Waals surface area contributed by atoms with Crippen LogP contribution in [0.15, 0.2) is 51.8 Å². The lowest BCUT2D eigenvalue weighted by Gasteiger charge is -2.08. The van der Waals surface area contributed by atoms with Gasteiger partial charge in [-0.1, -0.05) is 0 Å². The number of amides is 2. The standard InChI is InChI=1S/C21H18FN5O3/c1-3-23-21(29)27-20-25-16-9-13(12-7-11(2)30-17(28)10-12)8-14(19(16)26-20)18-15(22)5-4-6-24-18/h4-10H,3H2,1-2H3,(H3,23,25,26,27,29). The molecule has 2 amide bonds. The molecule has 4 aromatic rings. The Morgan fingerprint density at radius 3 is 2.77 bits per heavy atom. The number of urea groups is 1. The van der Waals surface area contributed by atoms with Crippen molar-refractivity contribution in [2.45, 2.75) is 13.8 Å². The van der Waals surface area contributed by atoms with E-state index < -0.39 is 17.5 Å². The third-order valence-corrected chi connectivity index (χ3v) is 4.40. The molecule has 0 saturated heterocycles. The molecule has 4 rings (SSSR count). The van der Waals surface area contributed by atoms with Crippen molar-refractivity contribution in [3.63, 3.8) is 0 Å². The van der Waals surface area contributed by atoms with Crippen LogP contribution in [0.1, 0.15) is 12.7 Å². The van der Waals surface area contributed by atoms with Crippen LogP contribution in [-0.4, -0.2) is 27.5 Å². The fourth-order valence-corrected chi connectivity index (χ4v) is 3.19. The molecule has 9 heteroatoms. The van der Waals surface area contributed by atoms with E-state index in [2.05, 4.69) is 25.6 Å². The second kappa shape index (κ2) is 7.78. The summed E-state index contributed by atoms with van der Waals surface area (Å²) in [5, 5.41) is 5.22. The maximum atomic E-state index is 14.5. The number of nitrogens with one attached hydrogen (secondary N) is 3. The monoisotopic (exact) mass is 407 g/mol. The molecule has 0 saturated carbocycles. The number of aromatic nitrogens is 3. The van der Waals surface area contributed by atoms with Crippen molar-refractivity contribution >= 4 is 23.0 Å². The second-order valence-electron chi connectivity index (χ2n) is 6.60. The molecule has 0 aliphatic heterocycles. The van der Waals surface area contributed by atoms with Gasteiger partial charge in [0.25, 0.3) is 0 Å². The van der Waals surface area contributed by atoms with Gasteiger partial charge in [-0.25, -0.2) is 19.0 Å². The highest BCUT2D eigenvalue weighted by atomic mass is 19.1. The topological polar surface area (TPSA) is 113 Å². The van der Waals surface area contributed by atoms with Gasteiger partial charge in [0.1, 0.15) is 17.3 Å².